The number of para-hydroxylation sites is 1. The number of aromatic nitrogens is 2. The number of rotatable bonds is 2. The Balaban J connectivity index is 2.06. The van der Waals surface area contributed by atoms with Crippen molar-refractivity contribution in [3.8, 4) is 0 Å². The van der Waals surface area contributed by atoms with E-state index < -0.39 is 0 Å². The second-order valence-corrected chi connectivity index (χ2v) is 4.57. The molecule has 1 aromatic carbocycles. The number of hydrogen-bond donors (Lipinski definition) is 1. The summed E-state index contributed by atoms with van der Waals surface area (Å²) in [7, 11) is 1.87. The van der Waals surface area contributed by atoms with Gasteiger partial charge in [0.25, 0.3) is 0 Å². The van der Waals surface area contributed by atoms with Gasteiger partial charge in [-0.2, -0.15) is 5.10 Å². The molecule has 0 aliphatic rings. The molecule has 1 atom stereocenters. The molecule has 0 fully saturated rings. The van der Waals surface area contributed by atoms with Crippen LogP contribution in [0.25, 0.3) is 11.0 Å². The van der Waals surface area contributed by atoms with Crippen LogP contribution in [0.4, 0.5) is 0 Å². The molecule has 0 radical (unpaired) electrons. The molecule has 0 aliphatic heterocycles. The van der Waals surface area contributed by atoms with Gasteiger partial charge in [-0.1, -0.05) is 18.2 Å². The number of hydrogen-bond acceptors (Lipinski definition) is 3. The van der Waals surface area contributed by atoms with Crippen LogP contribution in [0.3, 0.4) is 0 Å². The maximum absolute atomic E-state index is 6.20. The largest absolute Gasteiger partial charge is 0.459 e. The molecule has 2 N–H and O–H groups in total. The lowest BCUT2D eigenvalue weighted by atomic mass is 10.1. The van der Waals surface area contributed by atoms with E-state index in [1.807, 2.05) is 44.4 Å². The van der Waals surface area contributed by atoms with Gasteiger partial charge in [-0.15, -0.1) is 0 Å². The Morgan fingerprint density at radius 3 is 2.89 bits per heavy atom. The third-order valence-corrected chi connectivity index (χ3v) is 3.15. The lowest BCUT2D eigenvalue weighted by Crippen LogP contribution is -2.09. The summed E-state index contributed by atoms with van der Waals surface area (Å²) >= 11 is 0. The molecule has 0 saturated heterocycles. The van der Waals surface area contributed by atoms with Gasteiger partial charge in [-0.05, 0) is 18.6 Å². The molecule has 0 aliphatic carbocycles. The van der Waals surface area contributed by atoms with Gasteiger partial charge < -0.3 is 10.2 Å². The van der Waals surface area contributed by atoms with E-state index in [1.54, 1.807) is 10.9 Å². The quantitative estimate of drug-likeness (QED) is 0.750. The zero-order valence-electron chi connectivity index (χ0n) is 10.4. The smallest absolute Gasteiger partial charge is 0.137 e. The highest BCUT2D eigenvalue weighted by atomic mass is 16.3. The predicted molar refractivity (Wildman–Crippen MR) is 70.2 cm³/mol. The Bertz CT molecular complexity index is 696. The van der Waals surface area contributed by atoms with Gasteiger partial charge in [0.1, 0.15) is 11.3 Å². The van der Waals surface area contributed by atoms with Crippen LogP contribution >= 0.6 is 0 Å². The van der Waals surface area contributed by atoms with Crippen LogP contribution in [-0.4, -0.2) is 9.78 Å². The van der Waals surface area contributed by atoms with Crippen molar-refractivity contribution in [3.63, 3.8) is 0 Å². The van der Waals surface area contributed by atoms with E-state index in [0.717, 1.165) is 27.9 Å². The van der Waals surface area contributed by atoms with Crippen molar-refractivity contribution >= 4 is 11.0 Å². The molecule has 4 nitrogen and oxygen atoms in total. The van der Waals surface area contributed by atoms with Crippen molar-refractivity contribution in [1.29, 1.82) is 0 Å². The molecule has 92 valence electrons. The number of nitrogens with zero attached hydrogens (tertiary/aromatic N) is 2. The van der Waals surface area contributed by atoms with Crippen LogP contribution in [0.2, 0.25) is 0 Å². The first kappa shape index (κ1) is 11.0. The average Bonchev–Trinajstić information content (AvgIpc) is 2.95. The molecule has 4 heteroatoms. The highest BCUT2D eigenvalue weighted by molar-refractivity contribution is 5.81. The first-order chi connectivity index (χ1) is 8.65. The molecule has 0 bridgehead atoms. The number of furan rings is 1. The zero-order chi connectivity index (χ0) is 12.7. The lowest BCUT2D eigenvalue weighted by molar-refractivity contribution is 0.523. The second-order valence-electron chi connectivity index (χ2n) is 4.57. The van der Waals surface area contributed by atoms with Gasteiger partial charge in [-0.25, -0.2) is 0 Å². The minimum atomic E-state index is -0.273. The summed E-state index contributed by atoms with van der Waals surface area (Å²) in [5, 5.41) is 5.22. The lowest BCUT2D eigenvalue weighted by Gasteiger charge is -2.04. The van der Waals surface area contributed by atoms with Crippen molar-refractivity contribution in [2.75, 3.05) is 0 Å². The maximum atomic E-state index is 6.20. The van der Waals surface area contributed by atoms with Gasteiger partial charge in [-0.3, -0.25) is 4.68 Å². The van der Waals surface area contributed by atoms with E-state index in [2.05, 4.69) is 5.10 Å². The van der Waals surface area contributed by atoms with E-state index in [4.69, 9.17) is 10.2 Å². The third-order valence-electron chi connectivity index (χ3n) is 3.15. The molecule has 3 aromatic rings. The molecule has 18 heavy (non-hydrogen) atoms. The molecule has 0 saturated carbocycles. The summed E-state index contributed by atoms with van der Waals surface area (Å²) in [5.41, 5.74) is 9.18. The standard InChI is InChI=1S/C14H15N3O/c1-9-4-3-5-10-6-12(18-14(9)10)13(15)11-7-16-17(2)8-11/h3-8,13H,15H2,1-2H3. The van der Waals surface area contributed by atoms with Crippen LogP contribution in [0, 0.1) is 6.92 Å². The van der Waals surface area contributed by atoms with E-state index in [-0.39, 0.29) is 6.04 Å². The highest BCUT2D eigenvalue weighted by Crippen LogP contribution is 2.28. The van der Waals surface area contributed by atoms with Crippen LogP contribution < -0.4 is 5.73 Å². The van der Waals surface area contributed by atoms with Crippen molar-refractivity contribution in [3.05, 3.63) is 53.5 Å². The first-order valence-electron chi connectivity index (χ1n) is 5.88. The Morgan fingerprint density at radius 1 is 1.39 bits per heavy atom. The molecule has 1 unspecified atom stereocenters. The maximum Gasteiger partial charge on any atom is 0.137 e. The Kier molecular flexibility index (Phi) is 2.45. The van der Waals surface area contributed by atoms with E-state index in [0.29, 0.717) is 0 Å². The fraction of sp³-hybridized carbons (Fsp3) is 0.214. The normalized spacial score (nSPS) is 13.1. The molecular weight excluding hydrogens is 226 g/mol. The van der Waals surface area contributed by atoms with E-state index in [9.17, 15) is 0 Å². The molecule has 2 heterocycles. The van der Waals surface area contributed by atoms with Gasteiger partial charge in [0.05, 0.1) is 12.2 Å². The first-order valence-corrected chi connectivity index (χ1v) is 5.88. The number of aryl methyl sites for hydroxylation is 2. The van der Waals surface area contributed by atoms with E-state index in [1.165, 1.54) is 0 Å². The average molecular weight is 241 g/mol. The predicted octanol–water partition coefficient (Wildman–Crippen LogP) is 2.52. The van der Waals surface area contributed by atoms with Crippen LogP contribution in [0.15, 0.2) is 41.1 Å². The van der Waals surface area contributed by atoms with Crippen molar-refractivity contribution in [1.82, 2.24) is 9.78 Å². The Morgan fingerprint density at radius 2 is 2.22 bits per heavy atom. The Hall–Kier alpha value is -2.07. The number of benzene rings is 1. The van der Waals surface area contributed by atoms with Crippen LogP contribution in [0.1, 0.15) is 22.9 Å². The Labute approximate surface area is 105 Å². The zero-order valence-corrected chi connectivity index (χ0v) is 10.4. The molecule has 0 amide bonds. The molecule has 2 aromatic heterocycles. The topological polar surface area (TPSA) is 57.0 Å². The van der Waals surface area contributed by atoms with Gasteiger partial charge in [0.2, 0.25) is 0 Å². The fourth-order valence-corrected chi connectivity index (χ4v) is 2.15. The number of fused-ring (bicyclic) bond motifs is 1. The van der Waals surface area contributed by atoms with Gasteiger partial charge in [0.15, 0.2) is 0 Å². The van der Waals surface area contributed by atoms with Gasteiger partial charge >= 0.3 is 0 Å². The molecular formula is C14H15N3O. The minimum absolute atomic E-state index is 0.273. The highest BCUT2D eigenvalue weighted by Gasteiger charge is 2.16. The minimum Gasteiger partial charge on any atom is -0.459 e. The summed E-state index contributed by atoms with van der Waals surface area (Å²) < 4.78 is 7.60. The fourth-order valence-electron chi connectivity index (χ4n) is 2.15. The van der Waals surface area contributed by atoms with Crippen molar-refractivity contribution < 1.29 is 4.42 Å². The van der Waals surface area contributed by atoms with Gasteiger partial charge in [0, 0.05) is 24.2 Å². The van der Waals surface area contributed by atoms with E-state index >= 15 is 0 Å². The molecule has 3 rings (SSSR count). The SMILES string of the molecule is Cc1cccc2cc(C(N)c3cnn(C)c3)oc12. The van der Waals surface area contributed by atoms with Crippen LogP contribution in [-0.2, 0) is 7.05 Å². The summed E-state index contributed by atoms with van der Waals surface area (Å²) in [4.78, 5) is 0. The summed E-state index contributed by atoms with van der Waals surface area (Å²) in [6.45, 7) is 2.03. The van der Waals surface area contributed by atoms with Crippen molar-refractivity contribution in [2.24, 2.45) is 12.8 Å². The summed E-state index contributed by atoms with van der Waals surface area (Å²) in [5.74, 6) is 0.771. The van der Waals surface area contributed by atoms with Crippen LogP contribution in [0.5, 0.6) is 0 Å². The molecule has 0 spiro atoms. The monoisotopic (exact) mass is 241 g/mol. The third kappa shape index (κ3) is 1.71. The second kappa shape index (κ2) is 3.99. The summed E-state index contributed by atoms with van der Waals surface area (Å²) in [6, 6.07) is 7.81. The van der Waals surface area contributed by atoms with Crippen molar-refractivity contribution in [2.45, 2.75) is 13.0 Å². The summed E-state index contributed by atoms with van der Waals surface area (Å²) in [6.07, 6.45) is 3.68. The number of nitrogens with two attached hydrogens (primary N) is 1.